The third-order valence-corrected chi connectivity index (χ3v) is 7.49. The molecule has 5 rings (SSSR count). The number of carbonyl (C=O) groups is 1. The highest BCUT2D eigenvalue weighted by molar-refractivity contribution is 7.09. The molecule has 0 unspecified atom stereocenters. The van der Waals surface area contributed by atoms with E-state index in [1.54, 1.807) is 11.3 Å². The number of amides is 1. The minimum atomic E-state index is -0.105. The van der Waals surface area contributed by atoms with E-state index in [9.17, 15) is 4.79 Å². The van der Waals surface area contributed by atoms with Crippen LogP contribution in [0.15, 0.2) is 4.99 Å². The standard InChI is InChI=1S/C18H26N2OS/c1-4-20-11(2)12(3)22-17(20)19-16(21)18-8-13-5-14(9-18)7-15(6-13)10-18/h13-15H,4-10H2,1-3H3/b19-17-. The summed E-state index contributed by atoms with van der Waals surface area (Å²) in [6.45, 7) is 7.28. The Morgan fingerprint density at radius 1 is 1.18 bits per heavy atom. The highest BCUT2D eigenvalue weighted by Gasteiger charge is 2.54. The second-order valence-electron chi connectivity index (χ2n) is 7.89. The Morgan fingerprint density at radius 3 is 2.23 bits per heavy atom. The van der Waals surface area contributed by atoms with E-state index in [0.29, 0.717) is 0 Å². The lowest BCUT2D eigenvalue weighted by atomic mass is 9.49. The molecule has 0 spiro atoms. The summed E-state index contributed by atoms with van der Waals surface area (Å²) in [7, 11) is 0. The average Bonchev–Trinajstić information content (AvgIpc) is 2.71. The molecule has 120 valence electrons. The van der Waals surface area contributed by atoms with Crippen molar-refractivity contribution in [2.24, 2.45) is 28.2 Å². The predicted molar refractivity (Wildman–Crippen MR) is 88.6 cm³/mol. The molecule has 4 fully saturated rings. The van der Waals surface area contributed by atoms with Gasteiger partial charge in [0.15, 0.2) is 4.80 Å². The third-order valence-electron chi connectivity index (χ3n) is 6.39. The molecule has 0 radical (unpaired) electrons. The number of hydrogen-bond acceptors (Lipinski definition) is 2. The normalized spacial score (nSPS) is 37.0. The van der Waals surface area contributed by atoms with Crippen LogP contribution in [0.1, 0.15) is 56.0 Å². The topological polar surface area (TPSA) is 34.4 Å². The van der Waals surface area contributed by atoms with Gasteiger partial charge in [-0.3, -0.25) is 4.79 Å². The third kappa shape index (κ3) is 2.14. The number of rotatable bonds is 2. The lowest BCUT2D eigenvalue weighted by Crippen LogP contribution is -2.49. The van der Waals surface area contributed by atoms with E-state index in [4.69, 9.17) is 0 Å². The van der Waals surface area contributed by atoms with Gasteiger partial charge in [-0.2, -0.15) is 4.99 Å². The Hall–Kier alpha value is -0.900. The molecule has 0 aliphatic heterocycles. The van der Waals surface area contributed by atoms with Crippen molar-refractivity contribution in [1.29, 1.82) is 0 Å². The second kappa shape index (κ2) is 5.05. The Kier molecular flexibility index (Phi) is 3.37. The average molecular weight is 318 g/mol. The van der Waals surface area contributed by atoms with Gasteiger partial charge in [-0.25, -0.2) is 0 Å². The van der Waals surface area contributed by atoms with E-state index in [0.717, 1.165) is 48.4 Å². The number of aryl methyl sites for hydroxylation is 1. The molecule has 1 aromatic rings. The van der Waals surface area contributed by atoms with Gasteiger partial charge in [0.1, 0.15) is 0 Å². The smallest absolute Gasteiger partial charge is 0.254 e. The summed E-state index contributed by atoms with van der Waals surface area (Å²) in [6, 6.07) is 0. The van der Waals surface area contributed by atoms with Gasteiger partial charge in [-0.1, -0.05) is 0 Å². The zero-order valence-electron chi connectivity index (χ0n) is 13.9. The minimum Gasteiger partial charge on any atom is -0.321 e. The predicted octanol–water partition coefficient (Wildman–Crippen LogP) is 3.83. The molecule has 4 aliphatic rings. The maximum atomic E-state index is 13.1. The molecule has 3 nitrogen and oxygen atoms in total. The SMILES string of the molecule is CCn1c(C)c(C)s/c1=N\C(=O)C12CC3CC(CC(C3)C1)C2. The number of thiazole rings is 1. The molecule has 4 aliphatic carbocycles. The first-order chi connectivity index (χ1) is 10.5. The maximum Gasteiger partial charge on any atom is 0.254 e. The van der Waals surface area contributed by atoms with Crippen molar-refractivity contribution in [3.05, 3.63) is 15.4 Å². The fraction of sp³-hybridized carbons (Fsp3) is 0.778. The van der Waals surface area contributed by atoms with Gasteiger partial charge < -0.3 is 4.57 Å². The molecule has 22 heavy (non-hydrogen) atoms. The molecule has 1 heterocycles. The van der Waals surface area contributed by atoms with E-state index < -0.39 is 0 Å². The van der Waals surface area contributed by atoms with Crippen LogP contribution in [0.4, 0.5) is 0 Å². The number of aromatic nitrogens is 1. The zero-order valence-corrected chi connectivity index (χ0v) is 14.7. The van der Waals surface area contributed by atoms with Crippen molar-refractivity contribution in [2.45, 2.75) is 65.8 Å². The van der Waals surface area contributed by atoms with Gasteiger partial charge in [0.25, 0.3) is 5.91 Å². The molecule has 4 heteroatoms. The number of nitrogens with zero attached hydrogens (tertiary/aromatic N) is 2. The molecule has 0 N–H and O–H groups in total. The molecular weight excluding hydrogens is 292 g/mol. The van der Waals surface area contributed by atoms with Crippen molar-refractivity contribution in [2.75, 3.05) is 0 Å². The van der Waals surface area contributed by atoms with Gasteiger partial charge in [0.2, 0.25) is 0 Å². The van der Waals surface area contributed by atoms with Crippen molar-refractivity contribution in [1.82, 2.24) is 4.57 Å². The lowest BCUT2D eigenvalue weighted by Gasteiger charge is -2.55. The molecule has 4 saturated carbocycles. The van der Waals surface area contributed by atoms with Crippen molar-refractivity contribution < 1.29 is 4.79 Å². The zero-order chi connectivity index (χ0) is 15.5. The monoisotopic (exact) mass is 318 g/mol. The van der Waals surface area contributed by atoms with Crippen LogP contribution in [0.3, 0.4) is 0 Å². The van der Waals surface area contributed by atoms with Crippen molar-refractivity contribution in [3.8, 4) is 0 Å². The van der Waals surface area contributed by atoms with Gasteiger partial charge in [-0.15, -0.1) is 11.3 Å². The Balaban J connectivity index is 1.71. The Bertz CT molecular complexity index is 646. The van der Waals surface area contributed by atoms with Crippen molar-refractivity contribution in [3.63, 3.8) is 0 Å². The fourth-order valence-corrected chi connectivity index (χ4v) is 6.67. The molecule has 1 amide bonds. The van der Waals surface area contributed by atoms with E-state index in [2.05, 4.69) is 30.3 Å². The molecule has 0 atom stereocenters. The first-order valence-corrected chi connectivity index (χ1v) is 9.58. The molecular formula is C18H26N2OS. The quantitative estimate of drug-likeness (QED) is 0.816. The Labute approximate surface area is 136 Å². The van der Waals surface area contributed by atoms with Gasteiger partial charge in [0.05, 0.1) is 5.41 Å². The van der Waals surface area contributed by atoms with E-state index in [-0.39, 0.29) is 11.3 Å². The Morgan fingerprint density at radius 2 is 1.73 bits per heavy atom. The summed E-state index contributed by atoms with van der Waals surface area (Å²) in [5.74, 6) is 2.59. The van der Waals surface area contributed by atoms with Crippen LogP contribution in [0.2, 0.25) is 0 Å². The van der Waals surface area contributed by atoms with Crippen LogP contribution in [-0.2, 0) is 11.3 Å². The minimum absolute atomic E-state index is 0.105. The molecule has 1 aromatic heterocycles. The molecule has 0 saturated heterocycles. The lowest BCUT2D eigenvalue weighted by molar-refractivity contribution is -0.142. The van der Waals surface area contributed by atoms with Crippen LogP contribution < -0.4 is 4.80 Å². The summed E-state index contributed by atoms with van der Waals surface area (Å²) in [4.78, 5) is 19.9. The second-order valence-corrected chi connectivity index (χ2v) is 9.07. The summed E-state index contributed by atoms with van der Waals surface area (Å²) in [5, 5.41) is 0. The first kappa shape index (κ1) is 14.7. The van der Waals surface area contributed by atoms with E-state index in [1.165, 1.54) is 29.8 Å². The van der Waals surface area contributed by atoms with Crippen LogP contribution in [0.25, 0.3) is 0 Å². The summed E-state index contributed by atoms with van der Waals surface area (Å²) in [6.07, 6.45) is 7.44. The summed E-state index contributed by atoms with van der Waals surface area (Å²) < 4.78 is 2.19. The van der Waals surface area contributed by atoms with Crippen LogP contribution in [-0.4, -0.2) is 10.5 Å². The molecule has 4 bridgehead atoms. The first-order valence-electron chi connectivity index (χ1n) is 8.77. The fourth-order valence-electron chi connectivity index (χ4n) is 5.63. The van der Waals surface area contributed by atoms with Crippen molar-refractivity contribution >= 4 is 17.2 Å². The number of carbonyl (C=O) groups excluding carboxylic acids is 1. The largest absolute Gasteiger partial charge is 0.321 e. The molecule has 0 aromatic carbocycles. The highest BCUT2D eigenvalue weighted by atomic mass is 32.1. The number of hydrogen-bond donors (Lipinski definition) is 0. The van der Waals surface area contributed by atoms with E-state index in [1.807, 2.05) is 0 Å². The highest BCUT2D eigenvalue weighted by Crippen LogP contribution is 2.60. The van der Waals surface area contributed by atoms with Gasteiger partial charge in [-0.05, 0) is 77.0 Å². The van der Waals surface area contributed by atoms with E-state index >= 15 is 0 Å². The maximum absolute atomic E-state index is 13.1. The van der Waals surface area contributed by atoms with Gasteiger partial charge >= 0.3 is 0 Å². The summed E-state index contributed by atoms with van der Waals surface area (Å²) >= 11 is 1.67. The van der Waals surface area contributed by atoms with Crippen LogP contribution in [0.5, 0.6) is 0 Å². The summed E-state index contributed by atoms with van der Waals surface area (Å²) in [5.41, 5.74) is 1.15. The van der Waals surface area contributed by atoms with Gasteiger partial charge in [0, 0.05) is 17.1 Å². The van der Waals surface area contributed by atoms with Crippen LogP contribution in [0, 0.1) is 37.0 Å². The van der Waals surface area contributed by atoms with Crippen LogP contribution >= 0.6 is 11.3 Å².